The predicted molar refractivity (Wildman–Crippen MR) is 102 cm³/mol. The van der Waals surface area contributed by atoms with Crippen LogP contribution in [0.2, 0.25) is 0 Å². The fourth-order valence-electron chi connectivity index (χ4n) is 2.31. The van der Waals surface area contributed by atoms with Crippen LogP contribution in [0, 0.1) is 0 Å². The van der Waals surface area contributed by atoms with Gasteiger partial charge in [-0.2, -0.15) is 15.2 Å². The molecule has 0 spiro atoms. The lowest BCUT2D eigenvalue weighted by Gasteiger charge is -2.18. The number of nitrogen functional groups attached to an aromatic ring is 2. The average molecular weight is 356 g/mol. The van der Waals surface area contributed by atoms with Crippen molar-refractivity contribution < 1.29 is 9.47 Å². The molecule has 0 radical (unpaired) electrons. The molecule has 2 aromatic rings. The molecule has 4 N–H and O–H groups in total. The molecule has 0 amide bonds. The molecule has 0 aliphatic heterocycles. The summed E-state index contributed by atoms with van der Waals surface area (Å²) in [6, 6.07) is 3.81. The Morgan fingerprint density at radius 2 is 1.96 bits per heavy atom. The zero-order valence-electron chi connectivity index (χ0n) is 15.3. The summed E-state index contributed by atoms with van der Waals surface area (Å²) in [5, 5.41) is 8.16. The van der Waals surface area contributed by atoms with E-state index in [0.29, 0.717) is 24.6 Å². The molecule has 8 heteroatoms. The molecular formula is C18H24N6O2. The first-order chi connectivity index (χ1) is 12.5. The Morgan fingerprint density at radius 3 is 2.58 bits per heavy atom. The van der Waals surface area contributed by atoms with Crippen molar-refractivity contribution in [1.29, 1.82) is 0 Å². The molecular weight excluding hydrogens is 332 g/mol. The van der Waals surface area contributed by atoms with Gasteiger partial charge in [0.15, 0.2) is 11.6 Å². The van der Waals surface area contributed by atoms with Crippen molar-refractivity contribution in [1.82, 2.24) is 9.97 Å². The highest BCUT2D eigenvalue weighted by Crippen LogP contribution is 2.37. The molecule has 2 rings (SSSR count). The summed E-state index contributed by atoms with van der Waals surface area (Å²) in [6.07, 6.45) is 3.14. The van der Waals surface area contributed by atoms with E-state index in [4.69, 9.17) is 20.9 Å². The molecule has 1 aromatic carbocycles. The molecule has 1 aromatic heterocycles. The van der Waals surface area contributed by atoms with Crippen LogP contribution in [0.1, 0.15) is 30.9 Å². The number of nitrogens with zero attached hydrogens (tertiary/aromatic N) is 4. The average Bonchev–Trinajstić information content (AvgIpc) is 2.61. The number of benzene rings is 1. The fourth-order valence-corrected chi connectivity index (χ4v) is 2.31. The van der Waals surface area contributed by atoms with Gasteiger partial charge in [-0.05, 0) is 18.1 Å². The van der Waals surface area contributed by atoms with E-state index in [9.17, 15) is 0 Å². The number of rotatable bonds is 8. The Morgan fingerprint density at radius 1 is 1.19 bits per heavy atom. The van der Waals surface area contributed by atoms with Crippen molar-refractivity contribution in [3.63, 3.8) is 0 Å². The van der Waals surface area contributed by atoms with Crippen molar-refractivity contribution in [2.45, 2.75) is 26.3 Å². The first-order valence-electron chi connectivity index (χ1n) is 8.17. The normalized spacial score (nSPS) is 11.1. The van der Waals surface area contributed by atoms with Crippen LogP contribution in [0.5, 0.6) is 17.2 Å². The molecule has 0 aliphatic rings. The van der Waals surface area contributed by atoms with E-state index in [-0.39, 0.29) is 17.7 Å². The molecule has 0 saturated heterocycles. The van der Waals surface area contributed by atoms with Crippen LogP contribution in [0.3, 0.4) is 0 Å². The maximum atomic E-state index is 5.97. The van der Waals surface area contributed by atoms with Gasteiger partial charge in [0.25, 0.3) is 0 Å². The highest BCUT2D eigenvalue weighted by molar-refractivity contribution is 5.53. The second-order valence-electron chi connectivity index (χ2n) is 5.85. The number of ether oxygens (including phenoxy) is 2. The first-order valence-corrected chi connectivity index (χ1v) is 8.17. The maximum absolute atomic E-state index is 5.97. The topological polar surface area (TPSA) is 121 Å². The van der Waals surface area contributed by atoms with E-state index in [1.165, 1.54) is 6.20 Å². The van der Waals surface area contributed by atoms with Crippen molar-refractivity contribution in [2.24, 2.45) is 10.2 Å². The molecule has 0 atom stereocenters. The molecule has 26 heavy (non-hydrogen) atoms. The molecule has 0 unspecified atom stereocenters. The van der Waals surface area contributed by atoms with Crippen LogP contribution in [-0.2, 0) is 6.54 Å². The molecule has 138 valence electrons. The molecule has 0 aliphatic carbocycles. The van der Waals surface area contributed by atoms with E-state index < -0.39 is 0 Å². The van der Waals surface area contributed by atoms with Crippen molar-refractivity contribution in [3.05, 3.63) is 42.1 Å². The Kier molecular flexibility index (Phi) is 6.48. The number of nitrogens with two attached hydrogens (primary N) is 2. The van der Waals surface area contributed by atoms with Crippen LogP contribution >= 0.6 is 0 Å². The van der Waals surface area contributed by atoms with Gasteiger partial charge in [-0.3, -0.25) is 0 Å². The standard InChI is InChI=1S/C18H24N6O2/c1-5-6-22-23-9-12-7-15(13(11(2)3)8-14(12)25-4)26-16-10-21-18(20)24-17(16)19/h5,7-8,10-11H,1,6,9H2,2-4H3,(H4,19,20,21,24). The largest absolute Gasteiger partial charge is 0.496 e. The minimum absolute atomic E-state index is 0.0944. The van der Waals surface area contributed by atoms with Crippen molar-refractivity contribution in [2.75, 3.05) is 25.1 Å². The predicted octanol–water partition coefficient (Wildman–Crippen LogP) is 3.70. The summed E-state index contributed by atoms with van der Waals surface area (Å²) in [5.41, 5.74) is 13.2. The molecule has 0 saturated carbocycles. The van der Waals surface area contributed by atoms with E-state index in [2.05, 4.69) is 40.6 Å². The number of methoxy groups -OCH3 is 1. The van der Waals surface area contributed by atoms with E-state index in [1.54, 1.807) is 13.2 Å². The summed E-state index contributed by atoms with van der Waals surface area (Å²) >= 11 is 0. The lowest BCUT2D eigenvalue weighted by Crippen LogP contribution is -2.03. The van der Waals surface area contributed by atoms with Crippen LogP contribution in [0.25, 0.3) is 0 Å². The Balaban J connectivity index is 2.42. The molecule has 0 bridgehead atoms. The Labute approximate surface area is 153 Å². The molecule has 1 heterocycles. The molecule has 0 fully saturated rings. The third kappa shape index (κ3) is 4.69. The van der Waals surface area contributed by atoms with Crippen LogP contribution in [0.15, 0.2) is 41.2 Å². The van der Waals surface area contributed by atoms with Gasteiger partial charge in [0.2, 0.25) is 5.95 Å². The maximum Gasteiger partial charge on any atom is 0.222 e. The smallest absolute Gasteiger partial charge is 0.222 e. The third-order valence-corrected chi connectivity index (χ3v) is 3.61. The summed E-state index contributed by atoms with van der Waals surface area (Å²) in [5.74, 6) is 2.17. The minimum atomic E-state index is 0.0944. The minimum Gasteiger partial charge on any atom is -0.496 e. The quantitative estimate of drug-likeness (QED) is 0.549. The summed E-state index contributed by atoms with van der Waals surface area (Å²) in [7, 11) is 1.62. The van der Waals surface area contributed by atoms with Gasteiger partial charge in [0.05, 0.1) is 26.4 Å². The van der Waals surface area contributed by atoms with E-state index >= 15 is 0 Å². The fraction of sp³-hybridized carbons (Fsp3) is 0.333. The van der Waals surface area contributed by atoms with Crippen LogP contribution < -0.4 is 20.9 Å². The number of hydrogen-bond acceptors (Lipinski definition) is 8. The number of anilines is 2. The number of azo groups is 1. The summed E-state index contributed by atoms with van der Waals surface area (Å²) < 4.78 is 11.5. The lowest BCUT2D eigenvalue weighted by atomic mass is 9.99. The van der Waals surface area contributed by atoms with Crippen LogP contribution in [0.4, 0.5) is 11.8 Å². The number of aromatic nitrogens is 2. The third-order valence-electron chi connectivity index (χ3n) is 3.61. The van der Waals surface area contributed by atoms with Gasteiger partial charge in [-0.1, -0.05) is 19.9 Å². The van der Waals surface area contributed by atoms with Crippen molar-refractivity contribution >= 4 is 11.8 Å². The second-order valence-corrected chi connectivity index (χ2v) is 5.85. The van der Waals surface area contributed by atoms with Gasteiger partial charge < -0.3 is 20.9 Å². The van der Waals surface area contributed by atoms with Gasteiger partial charge in [-0.15, -0.1) is 6.58 Å². The highest BCUT2D eigenvalue weighted by atomic mass is 16.5. The highest BCUT2D eigenvalue weighted by Gasteiger charge is 2.16. The van der Waals surface area contributed by atoms with Gasteiger partial charge in [0, 0.05) is 11.1 Å². The van der Waals surface area contributed by atoms with Crippen LogP contribution in [-0.4, -0.2) is 23.6 Å². The number of hydrogen-bond donors (Lipinski definition) is 2. The second kappa shape index (κ2) is 8.80. The Hall–Kier alpha value is -3.16. The van der Waals surface area contributed by atoms with E-state index in [1.807, 2.05) is 12.1 Å². The molecule has 8 nitrogen and oxygen atoms in total. The zero-order valence-corrected chi connectivity index (χ0v) is 15.3. The monoisotopic (exact) mass is 356 g/mol. The lowest BCUT2D eigenvalue weighted by molar-refractivity contribution is 0.405. The summed E-state index contributed by atoms with van der Waals surface area (Å²) in [4.78, 5) is 7.85. The Bertz CT molecular complexity index is 805. The SMILES string of the molecule is C=CCN=NCc1cc(Oc2cnc(N)nc2N)c(C(C)C)cc1OC. The summed E-state index contributed by atoms with van der Waals surface area (Å²) in [6.45, 7) is 8.57. The van der Waals surface area contributed by atoms with Crippen molar-refractivity contribution in [3.8, 4) is 17.2 Å². The van der Waals surface area contributed by atoms with Gasteiger partial charge in [-0.25, -0.2) is 4.98 Å². The van der Waals surface area contributed by atoms with E-state index in [0.717, 1.165) is 16.9 Å². The first kappa shape index (κ1) is 19.2. The van der Waals surface area contributed by atoms with Gasteiger partial charge >= 0.3 is 0 Å². The van der Waals surface area contributed by atoms with Gasteiger partial charge in [0.1, 0.15) is 11.5 Å². The zero-order chi connectivity index (χ0) is 19.1.